The van der Waals surface area contributed by atoms with Crippen molar-refractivity contribution < 1.29 is 24.0 Å². The fourth-order valence-corrected chi connectivity index (χ4v) is 5.17. The predicted molar refractivity (Wildman–Crippen MR) is 157 cm³/mol. The van der Waals surface area contributed by atoms with Crippen molar-refractivity contribution >= 4 is 40.4 Å². The molecular formula is C30H37N7O5. The maximum Gasteiger partial charge on any atom is 0.245 e. The minimum atomic E-state index is -0.976. The van der Waals surface area contributed by atoms with E-state index >= 15 is 0 Å². The average Bonchev–Trinajstić information content (AvgIpc) is 3.63. The van der Waals surface area contributed by atoms with Gasteiger partial charge in [0.15, 0.2) is 0 Å². The van der Waals surface area contributed by atoms with Crippen LogP contribution in [0.2, 0.25) is 0 Å². The molecule has 0 unspecified atom stereocenters. The number of aromatic nitrogens is 1. The predicted octanol–water partition coefficient (Wildman–Crippen LogP) is -0.138. The molecule has 1 aliphatic heterocycles. The van der Waals surface area contributed by atoms with E-state index in [1.807, 2.05) is 54.6 Å². The van der Waals surface area contributed by atoms with Gasteiger partial charge in [-0.25, -0.2) is 0 Å². The number of primary amides is 1. The second kappa shape index (κ2) is 13.8. The Balaban J connectivity index is 1.27. The topological polar surface area (TPSA) is 193 Å². The largest absolute Gasteiger partial charge is 0.368 e. The zero-order valence-corrected chi connectivity index (χ0v) is 23.5. The van der Waals surface area contributed by atoms with Crippen LogP contribution in [0.3, 0.4) is 0 Å². The van der Waals surface area contributed by atoms with Crippen LogP contribution >= 0.6 is 0 Å². The second-order valence-corrected chi connectivity index (χ2v) is 10.5. The molecule has 0 spiro atoms. The number of carbonyl (C=O) groups excluding carboxylic acids is 5. The third-order valence-electron chi connectivity index (χ3n) is 7.40. The van der Waals surface area contributed by atoms with Crippen LogP contribution in [-0.2, 0) is 36.8 Å². The summed E-state index contributed by atoms with van der Waals surface area (Å²) < 4.78 is 0. The number of nitrogens with one attached hydrogen (secondary N) is 4. The molecule has 222 valence electrons. The number of hydrogen-bond donors (Lipinski definition) is 6. The molecule has 0 saturated carbocycles. The molecule has 2 heterocycles. The number of H-pyrrole nitrogens is 1. The van der Waals surface area contributed by atoms with E-state index in [0.29, 0.717) is 25.8 Å². The maximum absolute atomic E-state index is 13.1. The van der Waals surface area contributed by atoms with Gasteiger partial charge >= 0.3 is 0 Å². The molecule has 0 radical (unpaired) electrons. The van der Waals surface area contributed by atoms with Crippen LogP contribution in [0.15, 0.2) is 60.8 Å². The molecule has 1 aromatic heterocycles. The molecule has 0 bridgehead atoms. The van der Waals surface area contributed by atoms with Crippen molar-refractivity contribution in [2.24, 2.45) is 11.5 Å². The molecule has 1 fully saturated rings. The summed E-state index contributed by atoms with van der Waals surface area (Å²) in [6, 6.07) is 13.4. The fourth-order valence-electron chi connectivity index (χ4n) is 5.17. The number of carbonyl (C=O) groups is 5. The summed E-state index contributed by atoms with van der Waals surface area (Å²) in [6.45, 7) is 1.50. The van der Waals surface area contributed by atoms with Crippen molar-refractivity contribution in [2.45, 2.75) is 56.8 Å². The van der Waals surface area contributed by atoms with Gasteiger partial charge in [0.25, 0.3) is 0 Å². The first kappa shape index (κ1) is 30.3. The van der Waals surface area contributed by atoms with Crippen LogP contribution in [0.5, 0.6) is 0 Å². The average molecular weight is 576 g/mol. The highest BCUT2D eigenvalue weighted by Crippen LogP contribution is 2.20. The van der Waals surface area contributed by atoms with E-state index in [1.165, 1.54) is 4.90 Å². The van der Waals surface area contributed by atoms with Gasteiger partial charge in [-0.3, -0.25) is 24.0 Å². The van der Waals surface area contributed by atoms with E-state index in [-0.39, 0.29) is 6.42 Å². The standard InChI is InChI=1S/C30H37N7O5/c1-18(35-28(40)22(31)14-19-8-3-2-4-9-19)30(42)37-13-7-12-25(37)29(41)34-17-26(38)36-24(27(32)39)15-20-16-33-23-11-6-5-10-21(20)23/h2-6,8-11,16,18,22,24-25,33H,7,12-15,17,31H2,1H3,(H2,32,39)(H,34,41)(H,35,40)(H,36,38)/t18-,22-,24-,25-/m0/s1. The van der Waals surface area contributed by atoms with E-state index in [2.05, 4.69) is 20.9 Å². The Morgan fingerprint density at radius 1 is 1.00 bits per heavy atom. The lowest BCUT2D eigenvalue weighted by atomic mass is 10.0. The van der Waals surface area contributed by atoms with Gasteiger partial charge in [-0.1, -0.05) is 48.5 Å². The minimum Gasteiger partial charge on any atom is -0.368 e. The SMILES string of the molecule is C[C@H](NC(=O)[C@@H](N)Cc1ccccc1)C(=O)N1CCC[C@H]1C(=O)NCC(=O)N[C@@H](Cc1c[nH]c2ccccc12)C(N)=O. The molecule has 12 heteroatoms. The number of para-hydroxylation sites is 1. The number of likely N-dealkylation sites (tertiary alicyclic amines) is 1. The Bertz CT molecular complexity index is 1440. The van der Waals surface area contributed by atoms with Crippen LogP contribution in [-0.4, -0.2) is 76.7 Å². The van der Waals surface area contributed by atoms with Gasteiger partial charge in [0.05, 0.1) is 12.6 Å². The minimum absolute atomic E-state index is 0.183. The molecule has 4 atom stereocenters. The second-order valence-electron chi connectivity index (χ2n) is 10.5. The van der Waals surface area contributed by atoms with Gasteiger partial charge in [0.2, 0.25) is 29.5 Å². The highest BCUT2D eigenvalue weighted by molar-refractivity contribution is 5.95. The van der Waals surface area contributed by atoms with Crippen LogP contribution in [0.25, 0.3) is 10.9 Å². The number of rotatable bonds is 12. The number of benzene rings is 2. The lowest BCUT2D eigenvalue weighted by molar-refractivity contribution is -0.141. The van der Waals surface area contributed by atoms with Gasteiger partial charge in [0.1, 0.15) is 18.1 Å². The van der Waals surface area contributed by atoms with Crippen LogP contribution in [0, 0.1) is 0 Å². The molecule has 12 nitrogen and oxygen atoms in total. The summed E-state index contributed by atoms with van der Waals surface area (Å²) in [6.07, 6.45) is 3.28. The van der Waals surface area contributed by atoms with Crippen molar-refractivity contribution in [1.82, 2.24) is 25.8 Å². The van der Waals surface area contributed by atoms with E-state index in [9.17, 15) is 24.0 Å². The zero-order valence-electron chi connectivity index (χ0n) is 23.5. The molecule has 0 aliphatic carbocycles. The number of aromatic amines is 1. The van der Waals surface area contributed by atoms with Crippen molar-refractivity contribution in [3.8, 4) is 0 Å². The summed E-state index contributed by atoms with van der Waals surface area (Å²) in [5, 5.41) is 8.71. The summed E-state index contributed by atoms with van der Waals surface area (Å²) >= 11 is 0. The Labute approximate surface area is 243 Å². The van der Waals surface area contributed by atoms with E-state index in [0.717, 1.165) is 22.0 Å². The molecule has 5 amide bonds. The van der Waals surface area contributed by atoms with E-state index < -0.39 is 60.2 Å². The lowest BCUT2D eigenvalue weighted by Crippen LogP contribution is -2.55. The molecule has 1 saturated heterocycles. The third kappa shape index (κ3) is 7.52. The summed E-state index contributed by atoms with van der Waals surface area (Å²) in [5.74, 6) is -2.66. The summed E-state index contributed by atoms with van der Waals surface area (Å²) in [7, 11) is 0. The number of nitrogens with two attached hydrogens (primary N) is 2. The maximum atomic E-state index is 13.1. The van der Waals surface area contributed by atoms with Gasteiger partial charge < -0.3 is 37.3 Å². The Kier molecular flexibility index (Phi) is 9.92. The first-order chi connectivity index (χ1) is 20.1. The van der Waals surface area contributed by atoms with E-state index in [1.54, 1.807) is 13.1 Å². The Hall–Kier alpha value is -4.71. The highest BCUT2D eigenvalue weighted by Gasteiger charge is 2.36. The van der Waals surface area contributed by atoms with Gasteiger partial charge in [-0.05, 0) is 43.4 Å². The summed E-state index contributed by atoms with van der Waals surface area (Å²) in [5.41, 5.74) is 14.2. The van der Waals surface area contributed by atoms with Gasteiger partial charge in [0, 0.05) is 30.1 Å². The zero-order chi connectivity index (χ0) is 30.2. The first-order valence-electron chi connectivity index (χ1n) is 14.0. The highest BCUT2D eigenvalue weighted by atomic mass is 16.2. The molecule has 8 N–H and O–H groups in total. The summed E-state index contributed by atoms with van der Waals surface area (Å²) in [4.78, 5) is 67.9. The Morgan fingerprint density at radius 2 is 1.71 bits per heavy atom. The number of fused-ring (bicyclic) bond motifs is 1. The van der Waals surface area contributed by atoms with Crippen LogP contribution in [0.1, 0.15) is 30.9 Å². The van der Waals surface area contributed by atoms with Crippen molar-refractivity contribution in [2.75, 3.05) is 13.1 Å². The molecule has 4 rings (SSSR count). The molecule has 1 aliphatic rings. The third-order valence-corrected chi connectivity index (χ3v) is 7.40. The first-order valence-corrected chi connectivity index (χ1v) is 14.0. The number of hydrogen-bond acceptors (Lipinski definition) is 6. The number of nitrogens with zero attached hydrogens (tertiary/aromatic N) is 1. The van der Waals surface area contributed by atoms with E-state index in [4.69, 9.17) is 11.5 Å². The number of amides is 5. The van der Waals surface area contributed by atoms with Crippen LogP contribution in [0.4, 0.5) is 0 Å². The molecule has 2 aromatic carbocycles. The lowest BCUT2D eigenvalue weighted by Gasteiger charge is -2.27. The van der Waals surface area contributed by atoms with Gasteiger partial charge in [-0.2, -0.15) is 0 Å². The molecular weight excluding hydrogens is 538 g/mol. The quantitative estimate of drug-likeness (QED) is 0.174. The molecule has 42 heavy (non-hydrogen) atoms. The van der Waals surface area contributed by atoms with Crippen molar-refractivity contribution in [1.29, 1.82) is 0 Å². The van der Waals surface area contributed by atoms with Gasteiger partial charge in [-0.15, -0.1) is 0 Å². The fraction of sp³-hybridized carbons (Fsp3) is 0.367. The normalized spacial score (nSPS) is 16.8. The molecule has 3 aromatic rings. The van der Waals surface area contributed by atoms with Crippen LogP contribution < -0.4 is 27.4 Å². The smallest absolute Gasteiger partial charge is 0.245 e. The van der Waals surface area contributed by atoms with Crippen molar-refractivity contribution in [3.05, 3.63) is 71.9 Å². The Morgan fingerprint density at radius 3 is 2.45 bits per heavy atom. The van der Waals surface area contributed by atoms with Crippen molar-refractivity contribution in [3.63, 3.8) is 0 Å². The monoisotopic (exact) mass is 575 g/mol.